The molecule has 53 heavy (non-hydrogen) atoms. The molecule has 0 spiro atoms. The molecule has 0 aliphatic heterocycles. The maximum absolute atomic E-state index is 15.8. The molecule has 0 bridgehead atoms. The third kappa shape index (κ3) is 5.92. The largest absolute Gasteiger partial charge is 0.380 e. The number of halogens is 6. The van der Waals surface area contributed by atoms with Crippen LogP contribution in [0.5, 0.6) is 0 Å². The second-order valence-corrected chi connectivity index (χ2v) is 15.7. The number of alkyl halides is 6. The number of benzene rings is 4. The Morgan fingerprint density at radius 3 is 1.32 bits per heavy atom. The van der Waals surface area contributed by atoms with E-state index in [9.17, 15) is 9.59 Å². The second kappa shape index (κ2) is 13.2. The molecule has 272 valence electrons. The molecule has 2 N–H and O–H groups in total. The van der Waals surface area contributed by atoms with Crippen molar-refractivity contribution in [2.45, 2.75) is 57.5 Å². The minimum atomic E-state index is -5.80. The Bertz CT molecular complexity index is 2290. The van der Waals surface area contributed by atoms with Gasteiger partial charge < -0.3 is 10.6 Å². The maximum Gasteiger partial charge on any atom is 0.380 e. The fourth-order valence-electron chi connectivity index (χ4n) is 7.06. The van der Waals surface area contributed by atoms with E-state index >= 15 is 26.3 Å². The van der Waals surface area contributed by atoms with E-state index in [4.69, 9.17) is 0 Å². The van der Waals surface area contributed by atoms with E-state index in [0.29, 0.717) is 0 Å². The number of fused-ring (bicyclic) bond motifs is 2. The van der Waals surface area contributed by atoms with Gasteiger partial charge in [0.1, 0.15) is 0 Å². The Labute approximate surface area is 309 Å². The van der Waals surface area contributed by atoms with Gasteiger partial charge in [-0.3, -0.25) is 9.59 Å². The van der Waals surface area contributed by atoms with E-state index in [1.807, 2.05) is 84.9 Å². The van der Waals surface area contributed by atoms with Crippen LogP contribution in [0.4, 0.5) is 26.3 Å². The maximum atomic E-state index is 15.8. The zero-order chi connectivity index (χ0) is 38.0. The molecule has 0 saturated heterocycles. The predicted molar refractivity (Wildman–Crippen MR) is 199 cm³/mol. The molecule has 6 aromatic rings. The number of carbonyl (C=O) groups is 2. The molecule has 12 heteroatoms. The fraction of sp³-hybridized carbons (Fsp3) is 0.220. The number of carbonyl (C=O) groups excluding carboxylic acids is 2. The Morgan fingerprint density at radius 1 is 0.566 bits per heavy atom. The molecular formula is C41H32F6N2O2S2. The summed E-state index contributed by atoms with van der Waals surface area (Å²) in [6.45, 7) is 6.11. The molecule has 0 fully saturated rings. The van der Waals surface area contributed by atoms with E-state index in [0.717, 1.165) is 67.5 Å². The van der Waals surface area contributed by atoms with Crippen LogP contribution >= 0.6 is 22.7 Å². The first kappa shape index (κ1) is 36.4. The summed E-state index contributed by atoms with van der Waals surface area (Å²) in [7, 11) is 0. The van der Waals surface area contributed by atoms with Crippen molar-refractivity contribution in [3.63, 3.8) is 0 Å². The predicted octanol–water partition coefficient (Wildman–Crippen LogP) is 11.5. The number of amides is 2. The van der Waals surface area contributed by atoms with Gasteiger partial charge in [0, 0.05) is 20.9 Å². The summed E-state index contributed by atoms with van der Waals surface area (Å²) >= 11 is 1.47. The van der Waals surface area contributed by atoms with Crippen LogP contribution in [0.15, 0.2) is 97.1 Å². The normalized spacial score (nSPS) is 17.2. The first-order valence-electron chi connectivity index (χ1n) is 16.7. The van der Waals surface area contributed by atoms with Crippen molar-refractivity contribution in [3.05, 3.63) is 139 Å². The van der Waals surface area contributed by atoms with E-state index < -0.39 is 63.9 Å². The Morgan fingerprint density at radius 2 is 0.925 bits per heavy atom. The standard InChI is InChI=1S/C41H32F6N2O2S2/c1-21(27-17-9-13-25-11-5-7-15-29(25)27)48-37(50)33-19-31(23(3)52-33)35-36(40(44,45)41(46,47)39(35,42)43)32-20-34(53-24(32)4)38(51)49-22(2)28-18-10-14-26-12-6-8-16-30(26)28/h5-22H,1-4H3,(H,48,50)(H,49,51)/t21-,22-/m1/s1. The number of hydrogen-bond acceptors (Lipinski definition) is 4. The molecule has 2 aromatic heterocycles. The van der Waals surface area contributed by atoms with E-state index in [1.165, 1.54) is 13.8 Å². The quantitative estimate of drug-likeness (QED) is 0.152. The molecule has 0 radical (unpaired) electrons. The summed E-state index contributed by atoms with van der Waals surface area (Å²) < 4.78 is 93.7. The molecule has 2 atom stereocenters. The van der Waals surface area contributed by atoms with Crippen LogP contribution in [0, 0.1) is 13.8 Å². The summed E-state index contributed by atoms with van der Waals surface area (Å²) in [5.41, 5.74) is -2.74. The van der Waals surface area contributed by atoms with Gasteiger partial charge >= 0.3 is 17.8 Å². The number of hydrogen-bond donors (Lipinski definition) is 2. The Hall–Kier alpha value is -4.94. The molecule has 4 aromatic carbocycles. The van der Waals surface area contributed by atoms with Gasteiger partial charge in [-0.25, -0.2) is 0 Å². The molecule has 2 amide bonds. The van der Waals surface area contributed by atoms with E-state index in [2.05, 4.69) is 10.6 Å². The molecule has 2 heterocycles. The van der Waals surface area contributed by atoms with Gasteiger partial charge in [0.15, 0.2) is 0 Å². The van der Waals surface area contributed by atoms with Crippen molar-refractivity contribution in [1.29, 1.82) is 0 Å². The zero-order valence-electron chi connectivity index (χ0n) is 28.8. The summed E-state index contributed by atoms with van der Waals surface area (Å²) in [5, 5.41) is 9.30. The van der Waals surface area contributed by atoms with Crippen LogP contribution in [0.1, 0.15) is 77.3 Å². The highest BCUT2D eigenvalue weighted by Gasteiger charge is 2.80. The lowest BCUT2D eigenvalue weighted by molar-refractivity contribution is -0.254. The van der Waals surface area contributed by atoms with Gasteiger partial charge in [-0.1, -0.05) is 84.9 Å². The number of allylic oxidation sites excluding steroid dienone is 2. The molecule has 1 aliphatic carbocycles. The van der Waals surface area contributed by atoms with Crippen LogP contribution in [0.2, 0.25) is 0 Å². The lowest BCUT2D eigenvalue weighted by atomic mass is 9.95. The third-order valence-electron chi connectivity index (χ3n) is 9.76. The lowest BCUT2D eigenvalue weighted by Crippen LogP contribution is -2.48. The van der Waals surface area contributed by atoms with Crippen molar-refractivity contribution in [2.24, 2.45) is 0 Å². The van der Waals surface area contributed by atoms with Gasteiger partial charge in [-0.05, 0) is 83.6 Å². The fourth-order valence-corrected chi connectivity index (χ4v) is 8.92. The molecular weight excluding hydrogens is 731 g/mol. The average Bonchev–Trinajstić information content (AvgIpc) is 3.73. The summed E-state index contributed by atoms with van der Waals surface area (Å²) in [4.78, 5) is 26.6. The van der Waals surface area contributed by atoms with Gasteiger partial charge in [-0.15, -0.1) is 22.7 Å². The molecule has 1 aliphatic rings. The van der Waals surface area contributed by atoms with Crippen LogP contribution < -0.4 is 10.6 Å². The molecule has 0 saturated carbocycles. The average molecular weight is 763 g/mol. The molecule has 7 rings (SSSR count). The first-order valence-corrected chi connectivity index (χ1v) is 18.3. The topological polar surface area (TPSA) is 58.2 Å². The van der Waals surface area contributed by atoms with Crippen molar-refractivity contribution < 1.29 is 35.9 Å². The molecule has 0 unspecified atom stereocenters. The third-order valence-corrected chi connectivity index (χ3v) is 11.9. The number of nitrogens with one attached hydrogen (secondary N) is 2. The minimum Gasteiger partial charge on any atom is -0.345 e. The highest BCUT2D eigenvalue weighted by molar-refractivity contribution is 7.14. The lowest BCUT2D eigenvalue weighted by Gasteiger charge is -2.25. The van der Waals surface area contributed by atoms with Crippen LogP contribution in [0.25, 0.3) is 32.7 Å². The Balaban J connectivity index is 1.24. The summed E-state index contributed by atoms with van der Waals surface area (Å²) in [6.07, 6.45) is 0. The summed E-state index contributed by atoms with van der Waals surface area (Å²) in [5.74, 6) is -17.8. The van der Waals surface area contributed by atoms with Crippen LogP contribution in [-0.2, 0) is 0 Å². The van der Waals surface area contributed by atoms with E-state index in [1.54, 1.807) is 13.8 Å². The van der Waals surface area contributed by atoms with Crippen LogP contribution in [0.3, 0.4) is 0 Å². The van der Waals surface area contributed by atoms with Crippen molar-refractivity contribution >= 4 is 67.2 Å². The SMILES string of the molecule is Cc1sc(C(=O)N[C@H](C)c2cccc3ccccc23)cc1C1=C(c2cc(C(=O)N[C@H](C)c3cccc4ccccc34)sc2C)C(F)(F)C(F)(F)C1(F)F. The van der Waals surface area contributed by atoms with Gasteiger partial charge in [0.05, 0.1) is 21.8 Å². The zero-order valence-corrected chi connectivity index (χ0v) is 30.4. The number of aryl methyl sites for hydroxylation is 2. The molecule has 4 nitrogen and oxygen atoms in total. The monoisotopic (exact) mass is 762 g/mol. The minimum absolute atomic E-state index is 0.0246. The first-order chi connectivity index (χ1) is 25.0. The van der Waals surface area contributed by atoms with E-state index in [-0.39, 0.29) is 19.5 Å². The van der Waals surface area contributed by atoms with Gasteiger partial charge in [0.2, 0.25) is 0 Å². The Kier molecular flexibility index (Phi) is 9.05. The highest BCUT2D eigenvalue weighted by atomic mass is 32.1. The summed E-state index contributed by atoms with van der Waals surface area (Å²) in [6, 6.07) is 27.1. The van der Waals surface area contributed by atoms with Crippen LogP contribution in [-0.4, -0.2) is 29.6 Å². The highest BCUT2D eigenvalue weighted by Crippen LogP contribution is 2.65. The van der Waals surface area contributed by atoms with Crippen molar-refractivity contribution in [3.8, 4) is 0 Å². The van der Waals surface area contributed by atoms with Crippen molar-refractivity contribution in [2.75, 3.05) is 0 Å². The number of thiophene rings is 2. The smallest absolute Gasteiger partial charge is 0.345 e. The van der Waals surface area contributed by atoms with Gasteiger partial charge in [-0.2, -0.15) is 26.3 Å². The van der Waals surface area contributed by atoms with Crippen molar-refractivity contribution in [1.82, 2.24) is 10.6 Å². The second-order valence-electron chi connectivity index (χ2n) is 13.2. The van der Waals surface area contributed by atoms with Gasteiger partial charge in [0.25, 0.3) is 11.8 Å². The number of rotatable bonds is 8.